The Hall–Kier alpha value is -1.51. The van der Waals surface area contributed by atoms with Gasteiger partial charge in [0.1, 0.15) is 12.2 Å². The minimum Gasteiger partial charge on any atom is -0.394 e. The van der Waals surface area contributed by atoms with Crippen LogP contribution in [0, 0.1) is 10.1 Å². The molecular weight excluding hydrogens is 218 g/mol. The number of rotatable bonds is 3. The Bertz CT molecular complexity index is 393. The topological polar surface area (TPSA) is 111 Å². The number of imidazole rings is 1. The van der Waals surface area contributed by atoms with Gasteiger partial charge in [-0.25, -0.2) is 15.1 Å². The first-order chi connectivity index (χ1) is 7.63. The maximum absolute atomic E-state index is 10.6. The van der Waals surface area contributed by atoms with Crippen molar-refractivity contribution in [1.29, 1.82) is 0 Å². The summed E-state index contributed by atoms with van der Waals surface area (Å²) in [6, 6.07) is 0. The van der Waals surface area contributed by atoms with Gasteiger partial charge in [0.2, 0.25) is 5.82 Å². The lowest BCUT2D eigenvalue weighted by Crippen LogP contribution is -2.24. The van der Waals surface area contributed by atoms with Gasteiger partial charge in [-0.05, 0) is 0 Å². The fourth-order valence-corrected chi connectivity index (χ4v) is 1.74. The zero-order chi connectivity index (χ0) is 11.7. The molecule has 0 aromatic carbocycles. The molecule has 0 bridgehead atoms. The van der Waals surface area contributed by atoms with E-state index in [1.54, 1.807) is 0 Å². The minimum absolute atomic E-state index is 0.125. The maximum atomic E-state index is 10.6. The first-order valence-corrected chi connectivity index (χ1v) is 4.75. The number of hydrogen-bond donors (Lipinski definition) is 2. The second-order valence-corrected chi connectivity index (χ2v) is 3.52. The lowest BCUT2D eigenvalue weighted by atomic mass is 10.1. The van der Waals surface area contributed by atoms with Crippen LogP contribution in [-0.4, -0.2) is 43.7 Å². The molecule has 0 aliphatic carbocycles. The lowest BCUT2D eigenvalue weighted by Gasteiger charge is -2.10. The molecule has 1 aromatic heterocycles. The van der Waals surface area contributed by atoms with E-state index in [4.69, 9.17) is 9.84 Å². The molecule has 8 nitrogen and oxygen atoms in total. The highest BCUT2D eigenvalue weighted by Crippen LogP contribution is 2.31. The molecule has 8 heteroatoms. The summed E-state index contributed by atoms with van der Waals surface area (Å²) < 4.78 is 6.02. The number of nitro groups is 1. The molecule has 88 valence electrons. The number of nitrogens with zero attached hydrogens (tertiary/aromatic N) is 3. The van der Waals surface area contributed by atoms with Crippen molar-refractivity contribution in [3.05, 3.63) is 28.3 Å². The molecular formula is C8H11N3O5. The number of aromatic nitrogens is 2. The van der Waals surface area contributed by atoms with Crippen molar-refractivity contribution in [2.75, 3.05) is 6.61 Å². The summed E-state index contributed by atoms with van der Waals surface area (Å²) in [6.45, 7) is -0.323. The van der Waals surface area contributed by atoms with Gasteiger partial charge in [0.25, 0.3) is 0 Å². The molecule has 1 aromatic rings. The zero-order valence-electron chi connectivity index (χ0n) is 8.26. The molecule has 2 heterocycles. The van der Waals surface area contributed by atoms with Crippen molar-refractivity contribution in [3.8, 4) is 0 Å². The molecule has 1 fully saturated rings. The van der Waals surface area contributed by atoms with Crippen LogP contribution in [0.1, 0.15) is 18.3 Å². The fourth-order valence-electron chi connectivity index (χ4n) is 1.74. The predicted molar refractivity (Wildman–Crippen MR) is 49.9 cm³/mol. The van der Waals surface area contributed by atoms with E-state index in [0.29, 0.717) is 0 Å². The Labute approximate surface area is 90.2 Å². The predicted octanol–water partition coefficient (Wildman–Crippen LogP) is -0.894. The van der Waals surface area contributed by atoms with Gasteiger partial charge in [0, 0.05) is 6.42 Å². The average Bonchev–Trinajstić information content (AvgIpc) is 2.82. The third-order valence-corrected chi connectivity index (χ3v) is 2.52. The van der Waals surface area contributed by atoms with Crippen LogP contribution in [0.25, 0.3) is 0 Å². The molecule has 1 aliphatic rings. The van der Waals surface area contributed by atoms with Crippen LogP contribution in [-0.2, 0) is 4.74 Å². The maximum Gasteiger partial charge on any atom is 0.204 e. The molecule has 3 atom stereocenters. The van der Waals surface area contributed by atoms with E-state index in [9.17, 15) is 15.2 Å². The Morgan fingerprint density at radius 1 is 1.75 bits per heavy atom. The van der Waals surface area contributed by atoms with E-state index in [-0.39, 0.29) is 18.9 Å². The van der Waals surface area contributed by atoms with E-state index in [1.165, 1.54) is 12.4 Å². The standard InChI is InChI=1S/C8H11N3O5/c12-4-7-5(13)3-6(16-7)8-9-1-2-10(8)11(14)15/h1-2,5-7,12-13H,3-4H2/t5-,6?,7+/m0/s1. The van der Waals surface area contributed by atoms with Gasteiger partial charge in [0.05, 0.1) is 25.1 Å². The number of aliphatic hydroxyl groups is 2. The van der Waals surface area contributed by atoms with Gasteiger partial charge in [-0.2, -0.15) is 0 Å². The summed E-state index contributed by atoms with van der Waals surface area (Å²) in [6.07, 6.45) is 0.495. The van der Waals surface area contributed by atoms with E-state index in [0.717, 1.165) is 4.68 Å². The van der Waals surface area contributed by atoms with Crippen molar-refractivity contribution in [2.45, 2.75) is 24.7 Å². The van der Waals surface area contributed by atoms with Crippen molar-refractivity contribution in [1.82, 2.24) is 9.66 Å². The summed E-state index contributed by atoms with van der Waals surface area (Å²) in [5.41, 5.74) is 0. The van der Waals surface area contributed by atoms with Gasteiger partial charge in [-0.3, -0.25) is 0 Å². The first kappa shape index (κ1) is 11.0. The summed E-state index contributed by atoms with van der Waals surface area (Å²) in [7, 11) is 0. The first-order valence-electron chi connectivity index (χ1n) is 4.75. The minimum atomic E-state index is -0.827. The van der Waals surface area contributed by atoms with Gasteiger partial charge in [-0.15, -0.1) is 0 Å². The fraction of sp³-hybridized carbons (Fsp3) is 0.625. The quantitative estimate of drug-likeness (QED) is 0.513. The summed E-state index contributed by atoms with van der Waals surface area (Å²) in [5.74, 6) is 0.125. The summed E-state index contributed by atoms with van der Waals surface area (Å²) in [5, 5.41) is 28.4. The summed E-state index contributed by atoms with van der Waals surface area (Å²) >= 11 is 0. The third kappa shape index (κ3) is 1.77. The molecule has 1 aliphatic heterocycles. The van der Waals surface area contributed by atoms with Crippen molar-refractivity contribution < 1.29 is 20.0 Å². The second kappa shape index (κ2) is 4.16. The SMILES string of the molecule is O=[N+]([O-])n1ccnc1C1C[C@H](O)[C@@H](CO)O1. The highest BCUT2D eigenvalue weighted by molar-refractivity contribution is 4.99. The van der Waals surface area contributed by atoms with Gasteiger partial charge in [0.15, 0.2) is 5.03 Å². The van der Waals surface area contributed by atoms with Crippen LogP contribution in [0.4, 0.5) is 0 Å². The van der Waals surface area contributed by atoms with E-state index in [2.05, 4.69) is 4.98 Å². The van der Waals surface area contributed by atoms with Gasteiger partial charge in [-0.1, -0.05) is 4.68 Å². The Balaban J connectivity index is 2.20. The molecule has 2 rings (SSSR count). The van der Waals surface area contributed by atoms with Crippen LogP contribution in [0.5, 0.6) is 0 Å². The summed E-state index contributed by atoms with van der Waals surface area (Å²) in [4.78, 5) is 14.5. The van der Waals surface area contributed by atoms with E-state index >= 15 is 0 Å². The molecule has 0 spiro atoms. The molecule has 1 unspecified atom stereocenters. The highest BCUT2D eigenvalue weighted by Gasteiger charge is 2.38. The third-order valence-electron chi connectivity index (χ3n) is 2.52. The van der Waals surface area contributed by atoms with Gasteiger partial charge >= 0.3 is 0 Å². The van der Waals surface area contributed by atoms with Gasteiger partial charge < -0.3 is 14.9 Å². The Morgan fingerprint density at radius 2 is 2.50 bits per heavy atom. The molecule has 0 saturated carbocycles. The van der Waals surface area contributed by atoms with Crippen LogP contribution in [0.3, 0.4) is 0 Å². The average molecular weight is 229 g/mol. The molecule has 0 amide bonds. The second-order valence-electron chi connectivity index (χ2n) is 3.52. The normalized spacial score (nSPS) is 29.5. The lowest BCUT2D eigenvalue weighted by molar-refractivity contribution is -0.544. The van der Waals surface area contributed by atoms with Crippen LogP contribution in [0.2, 0.25) is 0 Å². The van der Waals surface area contributed by atoms with Crippen molar-refractivity contribution in [2.24, 2.45) is 0 Å². The Morgan fingerprint density at radius 3 is 3.06 bits per heavy atom. The van der Waals surface area contributed by atoms with E-state index in [1.807, 2.05) is 0 Å². The largest absolute Gasteiger partial charge is 0.394 e. The van der Waals surface area contributed by atoms with E-state index < -0.39 is 23.3 Å². The highest BCUT2D eigenvalue weighted by atomic mass is 16.7. The van der Waals surface area contributed by atoms with Crippen LogP contribution >= 0.6 is 0 Å². The molecule has 16 heavy (non-hydrogen) atoms. The molecule has 1 saturated heterocycles. The van der Waals surface area contributed by atoms with Crippen molar-refractivity contribution in [3.63, 3.8) is 0 Å². The molecule has 0 radical (unpaired) electrons. The number of hydrogen-bond acceptors (Lipinski definition) is 6. The van der Waals surface area contributed by atoms with Crippen LogP contribution in [0.15, 0.2) is 12.4 Å². The number of ether oxygens (including phenoxy) is 1. The zero-order valence-corrected chi connectivity index (χ0v) is 8.26. The smallest absolute Gasteiger partial charge is 0.204 e. The van der Waals surface area contributed by atoms with Crippen LogP contribution < -0.4 is 0 Å². The molecule has 2 N–H and O–H groups in total. The Kier molecular flexibility index (Phi) is 2.86. The number of aliphatic hydroxyl groups excluding tert-OH is 2. The van der Waals surface area contributed by atoms with Crippen molar-refractivity contribution >= 4 is 0 Å². The monoisotopic (exact) mass is 229 g/mol.